The number of hydrogen-bond acceptors (Lipinski definition) is 2. The standard InChI is InChI=1S/C17H20FNO/c1-11-9-15(11)17-8-7-13(20-17)10-19-12(2)14-5-3-4-6-16(14)18/h3-8,11-12,15,19H,9-10H2,1-2H3. The van der Waals surface area contributed by atoms with Gasteiger partial charge in [0, 0.05) is 17.5 Å². The molecule has 1 fully saturated rings. The van der Waals surface area contributed by atoms with E-state index in [9.17, 15) is 4.39 Å². The summed E-state index contributed by atoms with van der Waals surface area (Å²) in [6, 6.07) is 10.9. The summed E-state index contributed by atoms with van der Waals surface area (Å²) in [5.74, 6) is 3.20. The van der Waals surface area contributed by atoms with Crippen LogP contribution in [0.3, 0.4) is 0 Å². The Morgan fingerprint density at radius 2 is 2.05 bits per heavy atom. The molecule has 1 heterocycles. The number of benzene rings is 1. The Bertz CT molecular complexity index is 592. The van der Waals surface area contributed by atoms with Gasteiger partial charge in [-0.1, -0.05) is 25.1 Å². The number of halogens is 1. The third kappa shape index (κ3) is 2.78. The van der Waals surface area contributed by atoms with Crippen LogP contribution in [0, 0.1) is 11.7 Å². The first kappa shape index (κ1) is 13.4. The van der Waals surface area contributed by atoms with Crippen LogP contribution in [-0.2, 0) is 6.54 Å². The minimum atomic E-state index is -0.167. The van der Waals surface area contributed by atoms with Crippen LogP contribution in [0.15, 0.2) is 40.8 Å². The lowest BCUT2D eigenvalue weighted by Crippen LogP contribution is -2.18. The Hall–Kier alpha value is -1.61. The van der Waals surface area contributed by atoms with E-state index < -0.39 is 0 Å². The smallest absolute Gasteiger partial charge is 0.127 e. The van der Waals surface area contributed by atoms with E-state index in [1.807, 2.05) is 25.1 Å². The summed E-state index contributed by atoms with van der Waals surface area (Å²) in [4.78, 5) is 0. The van der Waals surface area contributed by atoms with Crippen molar-refractivity contribution in [3.63, 3.8) is 0 Å². The Kier molecular flexibility index (Phi) is 3.62. The van der Waals surface area contributed by atoms with Gasteiger partial charge >= 0.3 is 0 Å². The predicted octanol–water partition coefficient (Wildman–Crippen LogP) is 4.39. The fourth-order valence-corrected chi connectivity index (χ4v) is 2.60. The van der Waals surface area contributed by atoms with Crippen molar-refractivity contribution in [2.75, 3.05) is 0 Å². The first-order valence-corrected chi connectivity index (χ1v) is 7.21. The Morgan fingerprint density at radius 3 is 2.75 bits per heavy atom. The minimum Gasteiger partial charge on any atom is -0.464 e. The maximum atomic E-state index is 13.7. The lowest BCUT2D eigenvalue weighted by Gasteiger charge is -2.13. The first-order valence-electron chi connectivity index (χ1n) is 7.21. The van der Waals surface area contributed by atoms with Crippen molar-refractivity contribution in [3.05, 3.63) is 59.3 Å². The van der Waals surface area contributed by atoms with Gasteiger partial charge in [-0.15, -0.1) is 0 Å². The second-order valence-electron chi connectivity index (χ2n) is 5.75. The number of rotatable bonds is 5. The van der Waals surface area contributed by atoms with Gasteiger partial charge in [-0.05, 0) is 37.5 Å². The van der Waals surface area contributed by atoms with Gasteiger partial charge in [0.2, 0.25) is 0 Å². The van der Waals surface area contributed by atoms with Crippen molar-refractivity contribution in [2.24, 2.45) is 5.92 Å². The molecule has 0 amide bonds. The van der Waals surface area contributed by atoms with E-state index in [-0.39, 0.29) is 11.9 Å². The molecule has 1 N–H and O–H groups in total. The maximum absolute atomic E-state index is 13.7. The molecule has 3 unspecified atom stereocenters. The molecule has 2 aromatic rings. The molecule has 3 heteroatoms. The van der Waals surface area contributed by atoms with Crippen molar-refractivity contribution in [2.45, 2.75) is 38.8 Å². The molecule has 1 aliphatic carbocycles. The SMILES string of the molecule is CC(NCc1ccc(C2CC2C)o1)c1ccccc1F. The topological polar surface area (TPSA) is 25.2 Å². The highest BCUT2D eigenvalue weighted by Crippen LogP contribution is 2.47. The van der Waals surface area contributed by atoms with Crippen LogP contribution in [0.4, 0.5) is 4.39 Å². The van der Waals surface area contributed by atoms with E-state index in [0.717, 1.165) is 17.4 Å². The summed E-state index contributed by atoms with van der Waals surface area (Å²) in [6.07, 6.45) is 1.23. The van der Waals surface area contributed by atoms with Crippen molar-refractivity contribution in [1.82, 2.24) is 5.32 Å². The number of furan rings is 1. The quantitative estimate of drug-likeness (QED) is 0.873. The Balaban J connectivity index is 1.59. The summed E-state index contributed by atoms with van der Waals surface area (Å²) >= 11 is 0. The maximum Gasteiger partial charge on any atom is 0.127 e. The minimum absolute atomic E-state index is 0.0374. The zero-order chi connectivity index (χ0) is 14.1. The molecule has 0 spiro atoms. The molecule has 2 nitrogen and oxygen atoms in total. The van der Waals surface area contributed by atoms with Gasteiger partial charge in [-0.3, -0.25) is 0 Å². The van der Waals surface area contributed by atoms with Crippen molar-refractivity contribution >= 4 is 0 Å². The molecular weight excluding hydrogens is 253 g/mol. The van der Waals surface area contributed by atoms with Crippen LogP contribution in [0.1, 0.15) is 49.3 Å². The molecule has 20 heavy (non-hydrogen) atoms. The first-order chi connectivity index (χ1) is 9.65. The van der Waals surface area contributed by atoms with Crippen molar-refractivity contribution in [1.29, 1.82) is 0 Å². The van der Waals surface area contributed by atoms with Crippen LogP contribution in [0.2, 0.25) is 0 Å². The highest BCUT2D eigenvalue weighted by atomic mass is 19.1. The van der Waals surface area contributed by atoms with Crippen LogP contribution in [0.5, 0.6) is 0 Å². The van der Waals surface area contributed by atoms with Crippen LogP contribution in [0.25, 0.3) is 0 Å². The van der Waals surface area contributed by atoms with Gasteiger partial charge in [0.1, 0.15) is 17.3 Å². The predicted molar refractivity (Wildman–Crippen MR) is 76.9 cm³/mol. The molecule has 0 radical (unpaired) electrons. The largest absolute Gasteiger partial charge is 0.464 e. The van der Waals surface area contributed by atoms with E-state index in [2.05, 4.69) is 18.3 Å². The van der Waals surface area contributed by atoms with Crippen LogP contribution in [-0.4, -0.2) is 0 Å². The van der Waals surface area contributed by atoms with Crippen molar-refractivity contribution < 1.29 is 8.81 Å². The Labute approximate surface area is 119 Å². The highest BCUT2D eigenvalue weighted by molar-refractivity contribution is 5.21. The summed E-state index contributed by atoms with van der Waals surface area (Å²) < 4.78 is 19.5. The van der Waals surface area contributed by atoms with E-state index in [1.54, 1.807) is 6.07 Å². The molecule has 1 aromatic heterocycles. The van der Waals surface area contributed by atoms with E-state index >= 15 is 0 Å². The normalized spacial score (nSPS) is 22.8. The summed E-state index contributed by atoms with van der Waals surface area (Å²) in [7, 11) is 0. The van der Waals surface area contributed by atoms with Crippen LogP contribution < -0.4 is 5.32 Å². The molecule has 0 bridgehead atoms. The second-order valence-corrected chi connectivity index (χ2v) is 5.75. The van der Waals surface area contributed by atoms with E-state index in [1.165, 1.54) is 12.5 Å². The summed E-state index contributed by atoms with van der Waals surface area (Å²) in [5, 5.41) is 3.31. The molecular formula is C17H20FNO. The second kappa shape index (κ2) is 5.41. The summed E-state index contributed by atoms with van der Waals surface area (Å²) in [6.45, 7) is 4.83. The molecule has 1 aromatic carbocycles. The van der Waals surface area contributed by atoms with Gasteiger partial charge in [0.25, 0.3) is 0 Å². The zero-order valence-corrected chi connectivity index (χ0v) is 11.9. The van der Waals surface area contributed by atoms with Gasteiger partial charge in [0.05, 0.1) is 6.54 Å². The molecule has 1 saturated carbocycles. The van der Waals surface area contributed by atoms with E-state index in [4.69, 9.17) is 4.42 Å². The molecule has 0 aliphatic heterocycles. The molecule has 3 rings (SSSR count). The Morgan fingerprint density at radius 1 is 1.30 bits per heavy atom. The average Bonchev–Trinajstić information content (AvgIpc) is 3.00. The molecule has 3 atom stereocenters. The lowest BCUT2D eigenvalue weighted by molar-refractivity contribution is 0.426. The lowest BCUT2D eigenvalue weighted by atomic mass is 10.1. The highest BCUT2D eigenvalue weighted by Gasteiger charge is 2.36. The fourth-order valence-electron chi connectivity index (χ4n) is 2.60. The van der Waals surface area contributed by atoms with Gasteiger partial charge in [-0.25, -0.2) is 4.39 Å². The molecule has 0 saturated heterocycles. The zero-order valence-electron chi connectivity index (χ0n) is 11.9. The third-order valence-corrected chi connectivity index (χ3v) is 4.11. The van der Waals surface area contributed by atoms with Gasteiger partial charge < -0.3 is 9.73 Å². The molecule has 1 aliphatic rings. The molecule has 106 valence electrons. The monoisotopic (exact) mass is 273 g/mol. The fraction of sp³-hybridized carbons (Fsp3) is 0.412. The van der Waals surface area contributed by atoms with Crippen LogP contribution >= 0.6 is 0 Å². The van der Waals surface area contributed by atoms with Gasteiger partial charge in [0.15, 0.2) is 0 Å². The van der Waals surface area contributed by atoms with Crippen molar-refractivity contribution in [3.8, 4) is 0 Å². The summed E-state index contributed by atoms with van der Waals surface area (Å²) in [5.41, 5.74) is 0.690. The van der Waals surface area contributed by atoms with Gasteiger partial charge in [-0.2, -0.15) is 0 Å². The number of nitrogens with one attached hydrogen (secondary N) is 1. The average molecular weight is 273 g/mol. The third-order valence-electron chi connectivity index (χ3n) is 4.11. The van der Waals surface area contributed by atoms with E-state index in [0.29, 0.717) is 18.0 Å². The number of hydrogen-bond donors (Lipinski definition) is 1.